The first-order valence-electron chi connectivity index (χ1n) is 16.2. The van der Waals surface area contributed by atoms with Crippen molar-refractivity contribution in [1.82, 2.24) is 15.0 Å². The lowest BCUT2D eigenvalue weighted by molar-refractivity contribution is 1.18. The first kappa shape index (κ1) is 27.8. The van der Waals surface area contributed by atoms with E-state index in [0.717, 1.165) is 55.7 Å². The van der Waals surface area contributed by atoms with Crippen LogP contribution in [-0.4, -0.2) is 15.0 Å². The van der Waals surface area contributed by atoms with E-state index >= 15 is 0 Å². The van der Waals surface area contributed by atoms with Gasteiger partial charge in [-0.15, -0.1) is 0 Å². The Morgan fingerprint density at radius 1 is 0.333 bits per heavy atom. The summed E-state index contributed by atoms with van der Waals surface area (Å²) < 4.78 is 0. The van der Waals surface area contributed by atoms with Crippen molar-refractivity contribution in [2.75, 3.05) is 0 Å². The molecule has 2 heterocycles. The molecule has 9 rings (SSSR count). The van der Waals surface area contributed by atoms with Gasteiger partial charge in [0.1, 0.15) is 0 Å². The molecule has 2 aromatic heterocycles. The van der Waals surface area contributed by atoms with Crippen molar-refractivity contribution in [1.29, 1.82) is 0 Å². The molecule has 3 heteroatoms. The first-order valence-corrected chi connectivity index (χ1v) is 16.2. The summed E-state index contributed by atoms with van der Waals surface area (Å²) in [6.07, 6.45) is 1.85. The minimum absolute atomic E-state index is 0.682. The normalized spacial score (nSPS) is 11.3. The monoisotopic (exact) mass is 611 g/mol. The molecule has 0 aliphatic heterocycles. The highest BCUT2D eigenvalue weighted by Crippen LogP contribution is 2.40. The Morgan fingerprint density at radius 3 is 1.65 bits per heavy atom. The molecule has 0 amide bonds. The van der Waals surface area contributed by atoms with Crippen molar-refractivity contribution in [2.24, 2.45) is 0 Å². The van der Waals surface area contributed by atoms with Gasteiger partial charge in [0.2, 0.25) is 0 Å². The van der Waals surface area contributed by atoms with Gasteiger partial charge in [-0.05, 0) is 86.3 Å². The van der Waals surface area contributed by atoms with E-state index in [-0.39, 0.29) is 0 Å². The highest BCUT2D eigenvalue weighted by Gasteiger charge is 2.16. The smallest absolute Gasteiger partial charge is 0.160 e. The average molecular weight is 612 g/mol. The van der Waals surface area contributed by atoms with E-state index in [0.29, 0.717) is 5.82 Å². The van der Waals surface area contributed by atoms with E-state index in [4.69, 9.17) is 9.97 Å². The molecule has 7 aromatic carbocycles. The van der Waals surface area contributed by atoms with Crippen LogP contribution in [0.1, 0.15) is 0 Å². The van der Waals surface area contributed by atoms with Crippen molar-refractivity contribution in [2.45, 2.75) is 0 Å². The highest BCUT2D eigenvalue weighted by atomic mass is 14.9. The van der Waals surface area contributed by atoms with E-state index < -0.39 is 0 Å². The number of benzene rings is 7. The molecule has 0 fully saturated rings. The molecule has 224 valence electrons. The fourth-order valence-corrected chi connectivity index (χ4v) is 6.81. The van der Waals surface area contributed by atoms with Gasteiger partial charge in [-0.3, -0.25) is 4.98 Å². The molecule has 0 unspecified atom stereocenters. The third-order valence-electron chi connectivity index (χ3n) is 9.09. The standard InChI is InChI=1S/C45H29N3/c1-3-13-30(14-4-1)43-29-44(31-15-5-2-6-16-31)48-45(47-43)35-26-33(37-21-11-23-42-40(37)22-12-24-46-42)25-34(27-35)41-28-32-17-7-8-18-36(32)38-19-9-10-20-39(38)41/h1-29H. The molecule has 0 atom stereocenters. The minimum Gasteiger partial charge on any atom is -0.256 e. The first-order chi connectivity index (χ1) is 23.8. The van der Waals surface area contributed by atoms with Crippen LogP contribution in [-0.2, 0) is 0 Å². The predicted octanol–water partition coefficient (Wildman–Crippen LogP) is 11.7. The lowest BCUT2D eigenvalue weighted by Gasteiger charge is -2.16. The summed E-state index contributed by atoms with van der Waals surface area (Å²) >= 11 is 0. The van der Waals surface area contributed by atoms with E-state index in [2.05, 4.69) is 157 Å². The Bertz CT molecular complexity index is 2550. The molecule has 48 heavy (non-hydrogen) atoms. The maximum Gasteiger partial charge on any atom is 0.160 e. The molecule has 0 spiro atoms. The summed E-state index contributed by atoms with van der Waals surface area (Å²) in [5.41, 5.74) is 10.3. The van der Waals surface area contributed by atoms with Gasteiger partial charge in [-0.1, -0.05) is 127 Å². The molecule has 0 bridgehead atoms. The maximum absolute atomic E-state index is 5.22. The summed E-state index contributed by atoms with van der Waals surface area (Å²) in [4.78, 5) is 15.1. The van der Waals surface area contributed by atoms with Crippen molar-refractivity contribution >= 4 is 32.4 Å². The van der Waals surface area contributed by atoms with Crippen LogP contribution < -0.4 is 0 Å². The molecule has 3 nitrogen and oxygen atoms in total. The van der Waals surface area contributed by atoms with Crippen LogP contribution in [0.4, 0.5) is 0 Å². The van der Waals surface area contributed by atoms with Crippen molar-refractivity contribution in [3.8, 4) is 56.2 Å². The van der Waals surface area contributed by atoms with E-state index in [1.54, 1.807) is 0 Å². The largest absolute Gasteiger partial charge is 0.256 e. The van der Waals surface area contributed by atoms with Crippen LogP contribution in [0.25, 0.3) is 88.6 Å². The Hall–Kier alpha value is -6.45. The fourth-order valence-electron chi connectivity index (χ4n) is 6.81. The summed E-state index contributed by atoms with van der Waals surface area (Å²) in [5, 5.41) is 6.01. The lowest BCUT2D eigenvalue weighted by Crippen LogP contribution is -1.97. The SMILES string of the molecule is c1ccc(-c2cc(-c3ccccc3)nc(-c3cc(-c4cccc5ncccc45)cc(-c4cc5ccccc5c5ccccc45)c3)n2)cc1. The predicted molar refractivity (Wildman–Crippen MR) is 200 cm³/mol. The molecule has 0 aliphatic carbocycles. The molecule has 0 radical (unpaired) electrons. The van der Waals surface area contributed by atoms with Crippen molar-refractivity contribution in [3.05, 3.63) is 176 Å². The number of pyridine rings is 1. The molecule has 0 saturated heterocycles. The second kappa shape index (κ2) is 11.7. The zero-order valence-electron chi connectivity index (χ0n) is 26.1. The summed E-state index contributed by atoms with van der Waals surface area (Å²) in [6, 6.07) is 59.7. The van der Waals surface area contributed by atoms with Gasteiger partial charge in [-0.2, -0.15) is 0 Å². The lowest BCUT2D eigenvalue weighted by atomic mass is 9.89. The van der Waals surface area contributed by atoms with Crippen LogP contribution in [0.5, 0.6) is 0 Å². The van der Waals surface area contributed by atoms with Crippen molar-refractivity contribution in [3.63, 3.8) is 0 Å². The number of hydrogen-bond donors (Lipinski definition) is 0. The highest BCUT2D eigenvalue weighted by molar-refractivity contribution is 6.14. The van der Waals surface area contributed by atoms with Gasteiger partial charge < -0.3 is 0 Å². The van der Waals surface area contributed by atoms with Crippen LogP contribution in [0, 0.1) is 0 Å². The molecule has 0 aliphatic rings. The van der Waals surface area contributed by atoms with E-state index in [9.17, 15) is 0 Å². The Balaban J connectivity index is 1.35. The minimum atomic E-state index is 0.682. The number of nitrogens with zero attached hydrogens (tertiary/aromatic N) is 3. The van der Waals surface area contributed by atoms with Crippen molar-refractivity contribution < 1.29 is 0 Å². The number of hydrogen-bond acceptors (Lipinski definition) is 3. The second-order valence-corrected chi connectivity index (χ2v) is 12.1. The second-order valence-electron chi connectivity index (χ2n) is 12.1. The topological polar surface area (TPSA) is 38.7 Å². The zero-order chi connectivity index (χ0) is 31.9. The van der Waals surface area contributed by atoms with Gasteiger partial charge in [0.15, 0.2) is 5.82 Å². The molecular formula is C45H29N3. The number of fused-ring (bicyclic) bond motifs is 4. The average Bonchev–Trinajstić information content (AvgIpc) is 3.17. The quantitative estimate of drug-likeness (QED) is 0.182. The molecule has 0 N–H and O–H groups in total. The van der Waals surface area contributed by atoms with Gasteiger partial charge in [0.05, 0.1) is 16.9 Å². The van der Waals surface area contributed by atoms with Crippen LogP contribution in [0.2, 0.25) is 0 Å². The van der Waals surface area contributed by atoms with E-state index in [1.807, 2.05) is 24.4 Å². The Labute approximate surface area is 278 Å². The Morgan fingerprint density at radius 2 is 0.917 bits per heavy atom. The summed E-state index contributed by atoms with van der Waals surface area (Å²) in [7, 11) is 0. The number of rotatable bonds is 5. The van der Waals surface area contributed by atoms with Gasteiger partial charge in [-0.25, -0.2) is 9.97 Å². The van der Waals surface area contributed by atoms with Crippen LogP contribution in [0.3, 0.4) is 0 Å². The van der Waals surface area contributed by atoms with Gasteiger partial charge in [0, 0.05) is 28.3 Å². The third kappa shape index (κ3) is 4.99. The fraction of sp³-hybridized carbons (Fsp3) is 0. The molecule has 9 aromatic rings. The van der Waals surface area contributed by atoms with Crippen LogP contribution in [0.15, 0.2) is 176 Å². The Kier molecular flexibility index (Phi) is 6.80. The molecular weight excluding hydrogens is 583 g/mol. The van der Waals surface area contributed by atoms with Gasteiger partial charge >= 0.3 is 0 Å². The maximum atomic E-state index is 5.22. The van der Waals surface area contributed by atoms with Crippen LogP contribution >= 0.6 is 0 Å². The summed E-state index contributed by atoms with van der Waals surface area (Å²) in [5.74, 6) is 0.682. The van der Waals surface area contributed by atoms with E-state index in [1.165, 1.54) is 27.1 Å². The number of aromatic nitrogens is 3. The third-order valence-corrected chi connectivity index (χ3v) is 9.09. The van der Waals surface area contributed by atoms with Gasteiger partial charge in [0.25, 0.3) is 0 Å². The summed E-state index contributed by atoms with van der Waals surface area (Å²) in [6.45, 7) is 0. The molecule has 0 saturated carbocycles. The zero-order valence-corrected chi connectivity index (χ0v) is 26.1.